The van der Waals surface area contributed by atoms with E-state index >= 15 is 0 Å². The Morgan fingerprint density at radius 1 is 1.10 bits per heavy atom. The van der Waals surface area contributed by atoms with Crippen molar-refractivity contribution < 1.29 is 13.2 Å². The third-order valence-corrected chi connectivity index (χ3v) is 3.51. The number of nitrogens with two attached hydrogens (primary N) is 1. The number of rotatable bonds is 1. The average Bonchev–Trinajstić information content (AvgIpc) is 2.67. The molecule has 2 N–H and O–H groups in total. The highest BCUT2D eigenvalue weighted by Gasteiger charge is 2.19. The minimum atomic E-state index is -0.849. The number of anilines is 1. The smallest absolute Gasteiger partial charge is 0.206 e. The molecule has 0 atom stereocenters. The molecular formula is C13H7BrF3N3. The summed E-state index contributed by atoms with van der Waals surface area (Å²) in [5, 5.41) is 0. The standard InChI is InChI=1S/C13H7BrF3N3/c14-7-2-1-3-8(16)12(7)20-10-5-6(15)4-9(17)11(10)19-13(20)18/h1-5H,(H2,18,19). The Morgan fingerprint density at radius 3 is 2.55 bits per heavy atom. The molecule has 0 unspecified atom stereocenters. The second-order valence-corrected chi connectivity index (χ2v) is 4.99. The van der Waals surface area contributed by atoms with E-state index in [0.717, 1.165) is 6.07 Å². The van der Waals surface area contributed by atoms with Gasteiger partial charge in [-0.05, 0) is 28.1 Å². The minimum absolute atomic E-state index is 0.0532. The van der Waals surface area contributed by atoms with Crippen molar-refractivity contribution in [1.29, 1.82) is 0 Å². The van der Waals surface area contributed by atoms with Crippen LogP contribution in [0, 0.1) is 17.5 Å². The van der Waals surface area contributed by atoms with Crippen molar-refractivity contribution in [1.82, 2.24) is 9.55 Å². The summed E-state index contributed by atoms with van der Waals surface area (Å²) in [6.45, 7) is 0. The fourth-order valence-electron chi connectivity index (χ4n) is 2.06. The number of aromatic nitrogens is 2. The molecule has 102 valence electrons. The molecule has 0 saturated heterocycles. The molecule has 20 heavy (non-hydrogen) atoms. The van der Waals surface area contributed by atoms with Gasteiger partial charge in [0.1, 0.15) is 17.2 Å². The summed E-state index contributed by atoms with van der Waals surface area (Å²) in [6, 6.07) is 6.08. The number of nitrogens with zero attached hydrogens (tertiary/aromatic N) is 2. The monoisotopic (exact) mass is 341 g/mol. The summed E-state index contributed by atoms with van der Waals surface area (Å²) in [7, 11) is 0. The molecule has 3 nitrogen and oxygen atoms in total. The molecular weight excluding hydrogens is 335 g/mol. The Hall–Kier alpha value is -2.02. The van der Waals surface area contributed by atoms with Crippen molar-refractivity contribution in [2.75, 3.05) is 5.73 Å². The second-order valence-electron chi connectivity index (χ2n) is 4.13. The first-order chi connectivity index (χ1) is 9.49. The van der Waals surface area contributed by atoms with Crippen molar-refractivity contribution >= 4 is 32.9 Å². The number of para-hydroxylation sites is 1. The summed E-state index contributed by atoms with van der Waals surface area (Å²) < 4.78 is 42.6. The van der Waals surface area contributed by atoms with Crippen LogP contribution in [0.1, 0.15) is 0 Å². The average molecular weight is 342 g/mol. The minimum Gasteiger partial charge on any atom is -0.369 e. The molecule has 3 aromatic rings. The molecule has 0 aliphatic heterocycles. The lowest BCUT2D eigenvalue weighted by Crippen LogP contribution is -2.04. The molecule has 0 aliphatic rings. The first kappa shape index (κ1) is 13.0. The number of hydrogen-bond acceptors (Lipinski definition) is 2. The van der Waals surface area contributed by atoms with Gasteiger partial charge in [-0.15, -0.1) is 0 Å². The van der Waals surface area contributed by atoms with Gasteiger partial charge in [-0.3, -0.25) is 4.57 Å². The van der Waals surface area contributed by atoms with Gasteiger partial charge in [-0.25, -0.2) is 18.2 Å². The molecule has 0 saturated carbocycles. The van der Waals surface area contributed by atoms with E-state index in [1.54, 1.807) is 6.07 Å². The van der Waals surface area contributed by atoms with E-state index < -0.39 is 17.5 Å². The molecule has 7 heteroatoms. The van der Waals surface area contributed by atoms with Crippen molar-refractivity contribution in [3.05, 3.63) is 52.3 Å². The first-order valence-electron chi connectivity index (χ1n) is 5.56. The van der Waals surface area contributed by atoms with Crippen LogP contribution in [0.2, 0.25) is 0 Å². The van der Waals surface area contributed by atoms with Gasteiger partial charge in [-0.1, -0.05) is 6.07 Å². The quantitative estimate of drug-likeness (QED) is 0.731. The maximum atomic E-state index is 14.0. The molecule has 0 amide bonds. The zero-order chi connectivity index (χ0) is 14.4. The molecule has 0 radical (unpaired) electrons. The van der Waals surface area contributed by atoms with Crippen LogP contribution in [0.15, 0.2) is 34.8 Å². The molecule has 0 spiro atoms. The van der Waals surface area contributed by atoms with E-state index in [2.05, 4.69) is 20.9 Å². The lowest BCUT2D eigenvalue weighted by molar-refractivity contribution is 0.590. The van der Waals surface area contributed by atoms with Crippen molar-refractivity contribution in [2.45, 2.75) is 0 Å². The van der Waals surface area contributed by atoms with Crippen LogP contribution in [0.3, 0.4) is 0 Å². The van der Waals surface area contributed by atoms with Gasteiger partial charge in [0.05, 0.1) is 11.2 Å². The normalized spacial score (nSPS) is 11.2. The van der Waals surface area contributed by atoms with E-state index in [1.807, 2.05) is 0 Å². The molecule has 0 fully saturated rings. The Balaban J connectivity index is 2.45. The van der Waals surface area contributed by atoms with Crippen molar-refractivity contribution in [3.63, 3.8) is 0 Å². The summed E-state index contributed by atoms with van der Waals surface area (Å²) in [6.07, 6.45) is 0. The zero-order valence-electron chi connectivity index (χ0n) is 9.87. The molecule has 0 aliphatic carbocycles. The highest BCUT2D eigenvalue weighted by atomic mass is 79.9. The molecule has 0 bridgehead atoms. The zero-order valence-corrected chi connectivity index (χ0v) is 11.5. The third-order valence-electron chi connectivity index (χ3n) is 2.87. The van der Waals surface area contributed by atoms with Gasteiger partial charge in [-0.2, -0.15) is 0 Å². The number of imidazole rings is 1. The summed E-state index contributed by atoms with van der Waals surface area (Å²) in [4.78, 5) is 3.82. The molecule has 1 aromatic heterocycles. The topological polar surface area (TPSA) is 43.8 Å². The fraction of sp³-hybridized carbons (Fsp3) is 0. The van der Waals surface area contributed by atoms with Gasteiger partial charge in [0, 0.05) is 16.6 Å². The van der Waals surface area contributed by atoms with Crippen LogP contribution < -0.4 is 5.73 Å². The van der Waals surface area contributed by atoms with Crippen LogP contribution in [0.5, 0.6) is 0 Å². The van der Waals surface area contributed by atoms with Crippen LogP contribution in [-0.2, 0) is 0 Å². The van der Waals surface area contributed by atoms with Crippen LogP contribution >= 0.6 is 15.9 Å². The van der Waals surface area contributed by atoms with E-state index in [0.29, 0.717) is 10.5 Å². The van der Waals surface area contributed by atoms with E-state index in [1.165, 1.54) is 16.7 Å². The van der Waals surface area contributed by atoms with E-state index in [4.69, 9.17) is 5.73 Å². The number of nitrogen functional groups attached to an aromatic ring is 1. The van der Waals surface area contributed by atoms with Gasteiger partial charge in [0.2, 0.25) is 5.95 Å². The number of benzene rings is 2. The van der Waals surface area contributed by atoms with E-state index in [-0.39, 0.29) is 22.7 Å². The van der Waals surface area contributed by atoms with E-state index in [9.17, 15) is 13.2 Å². The predicted molar refractivity (Wildman–Crippen MR) is 73.1 cm³/mol. The molecule has 3 rings (SSSR count). The van der Waals surface area contributed by atoms with Gasteiger partial charge in [0.25, 0.3) is 0 Å². The highest BCUT2D eigenvalue weighted by molar-refractivity contribution is 9.10. The maximum absolute atomic E-state index is 14.0. The first-order valence-corrected chi connectivity index (χ1v) is 6.35. The Bertz CT molecular complexity index is 809. The predicted octanol–water partition coefficient (Wildman–Crippen LogP) is 3.79. The summed E-state index contributed by atoms with van der Waals surface area (Å²) >= 11 is 3.19. The van der Waals surface area contributed by atoms with Crippen LogP contribution in [-0.4, -0.2) is 9.55 Å². The maximum Gasteiger partial charge on any atom is 0.206 e. The third kappa shape index (κ3) is 1.85. The number of fused-ring (bicyclic) bond motifs is 1. The Morgan fingerprint density at radius 2 is 1.85 bits per heavy atom. The highest BCUT2D eigenvalue weighted by Crippen LogP contribution is 2.31. The Kier molecular flexibility index (Phi) is 2.93. The largest absolute Gasteiger partial charge is 0.369 e. The van der Waals surface area contributed by atoms with Crippen LogP contribution in [0.4, 0.5) is 19.1 Å². The van der Waals surface area contributed by atoms with Crippen molar-refractivity contribution in [2.24, 2.45) is 0 Å². The van der Waals surface area contributed by atoms with Crippen molar-refractivity contribution in [3.8, 4) is 5.69 Å². The Labute approximate surface area is 120 Å². The lowest BCUT2D eigenvalue weighted by atomic mass is 10.2. The van der Waals surface area contributed by atoms with Gasteiger partial charge >= 0.3 is 0 Å². The number of hydrogen-bond donors (Lipinski definition) is 1. The SMILES string of the molecule is Nc1nc2c(F)cc(F)cc2n1-c1c(F)cccc1Br. The summed E-state index contributed by atoms with van der Waals surface area (Å²) in [5.41, 5.74) is 5.72. The van der Waals surface area contributed by atoms with Crippen LogP contribution in [0.25, 0.3) is 16.7 Å². The summed E-state index contributed by atoms with van der Waals surface area (Å²) in [5.74, 6) is -2.35. The molecule has 1 heterocycles. The van der Waals surface area contributed by atoms with Gasteiger partial charge in [0.15, 0.2) is 5.82 Å². The lowest BCUT2D eigenvalue weighted by Gasteiger charge is -2.10. The second kappa shape index (κ2) is 4.52. The molecule has 2 aromatic carbocycles. The fourth-order valence-corrected chi connectivity index (χ4v) is 2.58. The number of halogens is 4. The van der Waals surface area contributed by atoms with Gasteiger partial charge < -0.3 is 5.73 Å².